The van der Waals surface area contributed by atoms with Crippen LogP contribution in [0.5, 0.6) is 0 Å². The molecule has 100 valence electrons. The molecule has 0 aliphatic carbocycles. The van der Waals surface area contributed by atoms with Crippen molar-refractivity contribution in [2.24, 2.45) is 0 Å². The van der Waals surface area contributed by atoms with Gasteiger partial charge in [-0.1, -0.05) is 18.2 Å². The van der Waals surface area contributed by atoms with Crippen molar-refractivity contribution in [3.8, 4) is 11.4 Å². The molecule has 0 atom stereocenters. The highest BCUT2D eigenvalue weighted by molar-refractivity contribution is 5.89. The summed E-state index contributed by atoms with van der Waals surface area (Å²) in [6.45, 7) is 4.07. The Kier molecular flexibility index (Phi) is 2.86. The van der Waals surface area contributed by atoms with Crippen LogP contribution in [-0.2, 0) is 0 Å². The molecule has 0 fully saturated rings. The van der Waals surface area contributed by atoms with E-state index in [1.807, 2.05) is 32.0 Å². The molecule has 0 radical (unpaired) electrons. The molecular weight excluding hydrogens is 253 g/mol. The Labute approximate surface area is 116 Å². The monoisotopic (exact) mass is 267 g/mol. The molecule has 0 bridgehead atoms. The number of hydrogen-bond acceptors (Lipinski definition) is 3. The highest BCUT2D eigenvalue weighted by Crippen LogP contribution is 2.26. The fourth-order valence-corrected chi connectivity index (χ4v) is 2.24. The first-order chi connectivity index (χ1) is 9.56. The maximum atomic E-state index is 13.2. The Hall–Kier alpha value is -2.49. The Morgan fingerprint density at radius 2 is 1.85 bits per heavy atom. The second-order valence-electron chi connectivity index (χ2n) is 4.84. The summed E-state index contributed by atoms with van der Waals surface area (Å²) >= 11 is 0. The topological polar surface area (TPSA) is 51.8 Å². The largest absolute Gasteiger partial charge is 0.383 e. The van der Waals surface area contributed by atoms with Gasteiger partial charge in [-0.05, 0) is 43.2 Å². The van der Waals surface area contributed by atoms with Crippen molar-refractivity contribution in [2.45, 2.75) is 13.8 Å². The first-order valence-electron chi connectivity index (χ1n) is 6.35. The zero-order valence-electron chi connectivity index (χ0n) is 11.3. The van der Waals surface area contributed by atoms with Gasteiger partial charge in [0.25, 0.3) is 0 Å². The molecule has 1 heterocycles. The number of rotatable bonds is 1. The second kappa shape index (κ2) is 4.56. The highest BCUT2D eigenvalue weighted by Gasteiger charge is 2.10. The third kappa shape index (κ3) is 1.99. The Balaban J connectivity index is 2.28. The number of fused-ring (bicyclic) bond motifs is 1. The van der Waals surface area contributed by atoms with Gasteiger partial charge in [-0.3, -0.25) is 0 Å². The number of nitrogens with two attached hydrogens (primary N) is 1. The van der Waals surface area contributed by atoms with Gasteiger partial charge >= 0.3 is 0 Å². The van der Waals surface area contributed by atoms with E-state index in [0.717, 1.165) is 11.1 Å². The van der Waals surface area contributed by atoms with Crippen LogP contribution in [0.3, 0.4) is 0 Å². The van der Waals surface area contributed by atoms with Gasteiger partial charge in [0, 0.05) is 10.9 Å². The zero-order chi connectivity index (χ0) is 14.3. The number of halogens is 1. The molecule has 0 aliphatic heterocycles. The first kappa shape index (κ1) is 12.5. The summed E-state index contributed by atoms with van der Waals surface area (Å²) in [5, 5.41) is 0.541. The van der Waals surface area contributed by atoms with Crippen LogP contribution in [0.4, 0.5) is 10.2 Å². The first-order valence-corrected chi connectivity index (χ1v) is 6.35. The Morgan fingerprint density at radius 3 is 2.65 bits per heavy atom. The van der Waals surface area contributed by atoms with Crippen LogP contribution in [0.2, 0.25) is 0 Å². The molecule has 0 amide bonds. The predicted molar refractivity (Wildman–Crippen MR) is 78.8 cm³/mol. The van der Waals surface area contributed by atoms with Gasteiger partial charge in [0.1, 0.15) is 11.6 Å². The van der Waals surface area contributed by atoms with E-state index in [1.165, 1.54) is 17.7 Å². The van der Waals surface area contributed by atoms with E-state index in [4.69, 9.17) is 5.73 Å². The molecule has 0 unspecified atom stereocenters. The zero-order valence-corrected chi connectivity index (χ0v) is 11.3. The average molecular weight is 267 g/mol. The van der Waals surface area contributed by atoms with Crippen molar-refractivity contribution in [3.63, 3.8) is 0 Å². The molecule has 0 aliphatic rings. The predicted octanol–water partition coefficient (Wildman–Crippen LogP) is 3.63. The molecule has 4 heteroatoms. The van der Waals surface area contributed by atoms with Crippen LogP contribution in [0.15, 0.2) is 36.4 Å². The summed E-state index contributed by atoms with van der Waals surface area (Å²) in [6.07, 6.45) is 0. The summed E-state index contributed by atoms with van der Waals surface area (Å²) < 4.78 is 13.2. The van der Waals surface area contributed by atoms with Crippen LogP contribution >= 0.6 is 0 Å². The summed E-state index contributed by atoms with van der Waals surface area (Å²) in [5.41, 5.74) is 9.82. The molecule has 1 aromatic heterocycles. The van der Waals surface area contributed by atoms with Gasteiger partial charge in [-0.2, -0.15) is 0 Å². The molecule has 2 aromatic carbocycles. The quantitative estimate of drug-likeness (QED) is 0.732. The van der Waals surface area contributed by atoms with E-state index < -0.39 is 0 Å². The molecule has 0 saturated heterocycles. The van der Waals surface area contributed by atoms with Gasteiger partial charge in [0.05, 0.1) is 5.52 Å². The van der Waals surface area contributed by atoms with Crippen molar-refractivity contribution < 1.29 is 4.39 Å². The fraction of sp³-hybridized carbons (Fsp3) is 0.125. The number of anilines is 1. The lowest BCUT2D eigenvalue weighted by molar-refractivity contribution is 0.629. The van der Waals surface area contributed by atoms with E-state index in [-0.39, 0.29) is 5.82 Å². The fourth-order valence-electron chi connectivity index (χ4n) is 2.24. The lowest BCUT2D eigenvalue weighted by Crippen LogP contribution is -1.99. The molecule has 3 rings (SSSR count). The molecule has 3 aromatic rings. The highest BCUT2D eigenvalue weighted by atomic mass is 19.1. The standard InChI is InChI=1S/C16H14FN3/c1-9-4-3-5-12(10(9)2)16-19-14-7-6-11(17)8-13(14)15(18)20-16/h3-8H,1-2H3,(H2,18,19,20). The number of aryl methyl sites for hydroxylation is 1. The summed E-state index contributed by atoms with van der Waals surface area (Å²) in [6, 6.07) is 10.3. The minimum atomic E-state index is -0.340. The summed E-state index contributed by atoms with van der Waals surface area (Å²) in [5.74, 6) is 0.528. The Bertz CT molecular complexity index is 812. The van der Waals surface area contributed by atoms with Crippen LogP contribution in [0.25, 0.3) is 22.3 Å². The molecule has 20 heavy (non-hydrogen) atoms. The maximum absolute atomic E-state index is 13.2. The van der Waals surface area contributed by atoms with Crippen LogP contribution in [0.1, 0.15) is 11.1 Å². The summed E-state index contributed by atoms with van der Waals surface area (Å²) in [7, 11) is 0. The Morgan fingerprint density at radius 1 is 1.05 bits per heavy atom. The molecular formula is C16H14FN3. The van der Waals surface area contributed by atoms with E-state index in [2.05, 4.69) is 9.97 Å². The lowest BCUT2D eigenvalue weighted by atomic mass is 10.0. The van der Waals surface area contributed by atoms with Gasteiger partial charge in [0.15, 0.2) is 5.82 Å². The number of nitrogens with zero attached hydrogens (tertiary/aromatic N) is 2. The van der Waals surface area contributed by atoms with Crippen LogP contribution in [0, 0.1) is 19.7 Å². The van der Waals surface area contributed by atoms with Crippen LogP contribution in [-0.4, -0.2) is 9.97 Å². The van der Waals surface area contributed by atoms with E-state index in [1.54, 1.807) is 6.07 Å². The molecule has 0 saturated carbocycles. The van der Waals surface area contributed by atoms with E-state index in [0.29, 0.717) is 22.5 Å². The van der Waals surface area contributed by atoms with Gasteiger partial charge in [-0.15, -0.1) is 0 Å². The van der Waals surface area contributed by atoms with Gasteiger partial charge in [0.2, 0.25) is 0 Å². The SMILES string of the molecule is Cc1cccc(-c2nc(N)c3cc(F)ccc3n2)c1C. The smallest absolute Gasteiger partial charge is 0.162 e. The van der Waals surface area contributed by atoms with Crippen molar-refractivity contribution in [1.29, 1.82) is 0 Å². The van der Waals surface area contributed by atoms with Crippen molar-refractivity contribution >= 4 is 16.7 Å². The molecule has 2 N–H and O–H groups in total. The number of nitrogen functional groups attached to an aromatic ring is 1. The van der Waals surface area contributed by atoms with Crippen molar-refractivity contribution in [3.05, 3.63) is 53.3 Å². The molecule has 0 spiro atoms. The summed E-state index contributed by atoms with van der Waals surface area (Å²) in [4.78, 5) is 8.81. The van der Waals surface area contributed by atoms with E-state index in [9.17, 15) is 4.39 Å². The normalized spacial score (nSPS) is 10.9. The van der Waals surface area contributed by atoms with Crippen LogP contribution < -0.4 is 5.73 Å². The van der Waals surface area contributed by atoms with Gasteiger partial charge in [-0.25, -0.2) is 14.4 Å². The number of aromatic nitrogens is 2. The average Bonchev–Trinajstić information content (AvgIpc) is 2.42. The van der Waals surface area contributed by atoms with Crippen molar-refractivity contribution in [1.82, 2.24) is 9.97 Å². The number of benzene rings is 2. The second-order valence-corrected chi connectivity index (χ2v) is 4.84. The van der Waals surface area contributed by atoms with Gasteiger partial charge < -0.3 is 5.73 Å². The lowest BCUT2D eigenvalue weighted by Gasteiger charge is -2.09. The third-order valence-corrected chi connectivity index (χ3v) is 3.53. The number of hydrogen-bond donors (Lipinski definition) is 1. The minimum absolute atomic E-state index is 0.297. The van der Waals surface area contributed by atoms with Crippen molar-refractivity contribution in [2.75, 3.05) is 5.73 Å². The minimum Gasteiger partial charge on any atom is -0.383 e. The molecule has 3 nitrogen and oxygen atoms in total. The van der Waals surface area contributed by atoms with E-state index >= 15 is 0 Å². The maximum Gasteiger partial charge on any atom is 0.162 e. The third-order valence-electron chi connectivity index (χ3n) is 3.53.